The van der Waals surface area contributed by atoms with Crippen molar-refractivity contribution >= 4 is 11.8 Å². The Balaban J connectivity index is 1.99. The van der Waals surface area contributed by atoms with Gasteiger partial charge in [0, 0.05) is 5.56 Å². The Kier molecular flexibility index (Phi) is 5.57. The van der Waals surface area contributed by atoms with E-state index in [1.807, 2.05) is 12.1 Å². The van der Waals surface area contributed by atoms with Gasteiger partial charge in [-0.1, -0.05) is 45.0 Å². The number of ketones is 1. The zero-order chi connectivity index (χ0) is 18.6. The van der Waals surface area contributed by atoms with Gasteiger partial charge < -0.3 is 9.47 Å². The first-order valence-corrected chi connectivity index (χ1v) is 7.87. The summed E-state index contributed by atoms with van der Waals surface area (Å²) in [6, 6.07) is 10.9. The van der Waals surface area contributed by atoms with Crippen LogP contribution in [-0.4, -0.2) is 25.5 Å². The third-order valence-electron chi connectivity index (χ3n) is 3.79. The maximum atomic E-state index is 13.6. The van der Waals surface area contributed by atoms with E-state index in [-0.39, 0.29) is 22.5 Å². The first kappa shape index (κ1) is 18.6. The third kappa shape index (κ3) is 4.66. The van der Waals surface area contributed by atoms with Crippen molar-refractivity contribution in [1.29, 1.82) is 0 Å². The van der Waals surface area contributed by atoms with E-state index >= 15 is 0 Å². The van der Waals surface area contributed by atoms with Crippen molar-refractivity contribution in [3.63, 3.8) is 0 Å². The molecule has 0 fully saturated rings. The number of methoxy groups -OCH3 is 1. The van der Waals surface area contributed by atoms with Crippen LogP contribution in [0, 0.1) is 5.82 Å². The Morgan fingerprint density at radius 3 is 2.12 bits per heavy atom. The summed E-state index contributed by atoms with van der Waals surface area (Å²) < 4.78 is 23.4. The number of esters is 1. The van der Waals surface area contributed by atoms with Crippen LogP contribution in [0.15, 0.2) is 42.5 Å². The minimum Gasteiger partial charge on any atom is -0.494 e. The van der Waals surface area contributed by atoms with Crippen LogP contribution in [0.1, 0.15) is 47.1 Å². The Bertz CT molecular complexity index is 773. The van der Waals surface area contributed by atoms with Crippen LogP contribution < -0.4 is 4.74 Å². The highest BCUT2D eigenvalue weighted by Crippen LogP contribution is 2.22. The summed E-state index contributed by atoms with van der Waals surface area (Å²) in [5.74, 6) is -1.71. The van der Waals surface area contributed by atoms with E-state index < -0.39 is 18.4 Å². The van der Waals surface area contributed by atoms with Crippen molar-refractivity contribution in [1.82, 2.24) is 0 Å². The number of Topliss-reactive ketones (excluding diaryl/α,β-unsaturated/α-hetero) is 1. The van der Waals surface area contributed by atoms with Crippen molar-refractivity contribution < 1.29 is 23.5 Å². The molecule has 2 rings (SSSR count). The van der Waals surface area contributed by atoms with Gasteiger partial charge in [-0.15, -0.1) is 0 Å². The molecule has 4 nitrogen and oxygen atoms in total. The quantitative estimate of drug-likeness (QED) is 0.603. The molecule has 0 saturated heterocycles. The van der Waals surface area contributed by atoms with Gasteiger partial charge in [-0.05, 0) is 29.2 Å². The van der Waals surface area contributed by atoms with Crippen molar-refractivity contribution in [3.05, 3.63) is 65.0 Å². The van der Waals surface area contributed by atoms with E-state index in [1.54, 1.807) is 12.1 Å². The van der Waals surface area contributed by atoms with Gasteiger partial charge in [0.15, 0.2) is 24.0 Å². The van der Waals surface area contributed by atoms with Gasteiger partial charge in [0.1, 0.15) is 0 Å². The SMILES string of the molecule is COc1ccc(C(=O)OCC(=O)c2ccc(C(C)(C)C)cc2)cc1F. The smallest absolute Gasteiger partial charge is 0.338 e. The summed E-state index contributed by atoms with van der Waals surface area (Å²) in [7, 11) is 1.33. The van der Waals surface area contributed by atoms with Gasteiger partial charge in [-0.3, -0.25) is 4.79 Å². The molecule has 5 heteroatoms. The molecule has 0 bridgehead atoms. The second-order valence-electron chi connectivity index (χ2n) is 6.68. The molecule has 0 atom stereocenters. The molecule has 0 spiro atoms. The van der Waals surface area contributed by atoms with Crippen molar-refractivity contribution in [3.8, 4) is 5.75 Å². The Morgan fingerprint density at radius 1 is 1.00 bits per heavy atom. The van der Waals surface area contributed by atoms with E-state index in [9.17, 15) is 14.0 Å². The van der Waals surface area contributed by atoms with Crippen LogP contribution in [0.4, 0.5) is 4.39 Å². The fourth-order valence-electron chi connectivity index (χ4n) is 2.25. The van der Waals surface area contributed by atoms with Gasteiger partial charge >= 0.3 is 5.97 Å². The Labute approximate surface area is 146 Å². The average Bonchev–Trinajstić information content (AvgIpc) is 2.58. The summed E-state index contributed by atoms with van der Waals surface area (Å²) >= 11 is 0. The second kappa shape index (κ2) is 7.47. The lowest BCUT2D eigenvalue weighted by Crippen LogP contribution is -2.15. The van der Waals surface area contributed by atoms with Gasteiger partial charge in [0.25, 0.3) is 0 Å². The topological polar surface area (TPSA) is 52.6 Å². The number of carbonyl (C=O) groups excluding carboxylic acids is 2. The van der Waals surface area contributed by atoms with Crippen LogP contribution in [-0.2, 0) is 10.2 Å². The molecule has 0 saturated carbocycles. The van der Waals surface area contributed by atoms with Crippen LogP contribution in [0.25, 0.3) is 0 Å². The monoisotopic (exact) mass is 344 g/mol. The highest BCUT2D eigenvalue weighted by Gasteiger charge is 2.16. The Hall–Kier alpha value is -2.69. The fraction of sp³-hybridized carbons (Fsp3) is 0.300. The maximum Gasteiger partial charge on any atom is 0.338 e. The van der Waals surface area contributed by atoms with Crippen molar-refractivity contribution in [2.24, 2.45) is 0 Å². The second-order valence-corrected chi connectivity index (χ2v) is 6.68. The molecule has 25 heavy (non-hydrogen) atoms. The highest BCUT2D eigenvalue weighted by molar-refractivity contribution is 5.99. The van der Waals surface area contributed by atoms with Crippen molar-refractivity contribution in [2.75, 3.05) is 13.7 Å². The van der Waals surface area contributed by atoms with Gasteiger partial charge in [-0.25, -0.2) is 9.18 Å². The van der Waals surface area contributed by atoms with Crippen LogP contribution >= 0.6 is 0 Å². The van der Waals surface area contributed by atoms with E-state index in [2.05, 4.69) is 20.8 Å². The molecule has 0 aromatic heterocycles. The molecule has 0 unspecified atom stereocenters. The van der Waals surface area contributed by atoms with Crippen LogP contribution in [0.5, 0.6) is 5.75 Å². The normalized spacial score (nSPS) is 11.1. The Morgan fingerprint density at radius 2 is 1.60 bits per heavy atom. The standard InChI is InChI=1S/C20H21FO4/c1-20(2,3)15-8-5-13(6-9-15)17(22)12-25-19(23)14-7-10-18(24-4)16(21)11-14/h5-11H,12H2,1-4H3. The third-order valence-corrected chi connectivity index (χ3v) is 3.79. The molecule has 0 heterocycles. The highest BCUT2D eigenvalue weighted by atomic mass is 19.1. The fourth-order valence-corrected chi connectivity index (χ4v) is 2.25. The average molecular weight is 344 g/mol. The summed E-state index contributed by atoms with van der Waals surface area (Å²) in [6.45, 7) is 5.85. The first-order chi connectivity index (χ1) is 11.7. The van der Waals surface area contributed by atoms with Gasteiger partial charge in [0.2, 0.25) is 0 Å². The lowest BCUT2D eigenvalue weighted by atomic mass is 9.86. The zero-order valence-corrected chi connectivity index (χ0v) is 14.8. The predicted molar refractivity (Wildman–Crippen MR) is 92.7 cm³/mol. The molecule has 0 amide bonds. The molecule has 132 valence electrons. The molecular formula is C20H21FO4. The number of rotatable bonds is 5. The largest absolute Gasteiger partial charge is 0.494 e. The predicted octanol–water partition coefficient (Wildman–Crippen LogP) is 4.17. The molecule has 0 aliphatic heterocycles. The summed E-state index contributed by atoms with van der Waals surface area (Å²) in [5.41, 5.74) is 1.58. The summed E-state index contributed by atoms with van der Waals surface area (Å²) in [6.07, 6.45) is 0. The minimum absolute atomic E-state index is 0.00746. The zero-order valence-electron chi connectivity index (χ0n) is 14.8. The van der Waals surface area contributed by atoms with Crippen LogP contribution in [0.3, 0.4) is 0 Å². The lowest BCUT2D eigenvalue weighted by molar-refractivity contribution is 0.0474. The minimum atomic E-state index is -0.763. The summed E-state index contributed by atoms with van der Waals surface area (Å²) in [4.78, 5) is 24.1. The maximum absolute atomic E-state index is 13.6. The lowest BCUT2D eigenvalue weighted by Gasteiger charge is -2.18. The number of hydrogen-bond acceptors (Lipinski definition) is 4. The van der Waals surface area contributed by atoms with Gasteiger partial charge in [0.05, 0.1) is 12.7 Å². The molecule has 0 aliphatic carbocycles. The van der Waals surface area contributed by atoms with Crippen LogP contribution in [0.2, 0.25) is 0 Å². The number of carbonyl (C=O) groups is 2. The van der Waals surface area contributed by atoms with Crippen molar-refractivity contribution in [2.45, 2.75) is 26.2 Å². The molecule has 0 radical (unpaired) electrons. The number of hydrogen-bond donors (Lipinski definition) is 0. The summed E-state index contributed by atoms with van der Waals surface area (Å²) in [5, 5.41) is 0. The molecular weight excluding hydrogens is 323 g/mol. The molecule has 2 aromatic rings. The molecule has 0 N–H and O–H groups in total. The number of ether oxygens (including phenoxy) is 2. The van der Waals surface area contributed by atoms with E-state index in [0.717, 1.165) is 11.6 Å². The number of benzene rings is 2. The van der Waals surface area contributed by atoms with E-state index in [4.69, 9.17) is 9.47 Å². The van der Waals surface area contributed by atoms with Gasteiger partial charge in [-0.2, -0.15) is 0 Å². The molecule has 2 aromatic carbocycles. The van der Waals surface area contributed by atoms with E-state index in [1.165, 1.54) is 19.2 Å². The first-order valence-electron chi connectivity index (χ1n) is 7.87. The number of halogens is 1. The molecule has 0 aliphatic rings. The van der Waals surface area contributed by atoms with E-state index in [0.29, 0.717) is 5.56 Å².